The maximum Gasteiger partial charge on any atom is 0.323 e. The Morgan fingerprint density at radius 2 is 1.97 bits per heavy atom. The predicted octanol–water partition coefficient (Wildman–Crippen LogP) is 5.13. The fraction of sp³-hybridized carbons (Fsp3) is 0.522. The summed E-state index contributed by atoms with van der Waals surface area (Å²) in [4.78, 5) is 30.1. The van der Waals surface area contributed by atoms with Crippen molar-refractivity contribution in [1.29, 1.82) is 0 Å². The lowest BCUT2D eigenvalue weighted by atomic mass is 9.91. The van der Waals surface area contributed by atoms with Crippen molar-refractivity contribution in [3.8, 4) is 0 Å². The van der Waals surface area contributed by atoms with Crippen LogP contribution < -0.4 is 5.32 Å². The van der Waals surface area contributed by atoms with Crippen LogP contribution >= 0.6 is 23.1 Å². The first-order chi connectivity index (χ1) is 15.5. The van der Waals surface area contributed by atoms with Gasteiger partial charge in [0, 0.05) is 19.7 Å². The van der Waals surface area contributed by atoms with Gasteiger partial charge in [-0.2, -0.15) is 0 Å². The van der Waals surface area contributed by atoms with E-state index in [4.69, 9.17) is 9.84 Å². The Morgan fingerprint density at radius 3 is 2.66 bits per heavy atom. The summed E-state index contributed by atoms with van der Waals surface area (Å²) in [6.45, 7) is 0.701. The lowest BCUT2D eigenvalue weighted by Gasteiger charge is -2.36. The summed E-state index contributed by atoms with van der Waals surface area (Å²) in [5.74, 6) is -0.895. The number of anilines is 1. The highest BCUT2D eigenvalue weighted by Crippen LogP contribution is 2.29. The van der Waals surface area contributed by atoms with Crippen LogP contribution in [0.5, 0.6) is 0 Å². The number of nitrogens with one attached hydrogen (secondary N) is 1. The Kier molecular flexibility index (Phi) is 9.83. The number of carbonyl (C=O) groups is 2. The van der Waals surface area contributed by atoms with Crippen LogP contribution in [0.15, 0.2) is 40.7 Å². The zero-order chi connectivity index (χ0) is 22.8. The highest BCUT2D eigenvalue weighted by molar-refractivity contribution is 8.01. The van der Waals surface area contributed by atoms with Crippen LogP contribution in [-0.2, 0) is 16.0 Å². The van der Waals surface area contributed by atoms with E-state index in [-0.39, 0.29) is 23.9 Å². The van der Waals surface area contributed by atoms with Crippen molar-refractivity contribution in [3.05, 3.63) is 42.1 Å². The number of aryl methyl sites for hydroxylation is 1. The molecule has 1 aromatic heterocycles. The third kappa shape index (κ3) is 7.79. The van der Waals surface area contributed by atoms with Gasteiger partial charge in [0.05, 0.1) is 22.3 Å². The van der Waals surface area contributed by atoms with Crippen molar-refractivity contribution in [2.75, 3.05) is 24.7 Å². The Morgan fingerprint density at radius 1 is 1.22 bits per heavy atom. The summed E-state index contributed by atoms with van der Waals surface area (Å²) in [5.41, 5.74) is 1.32. The second-order valence-corrected chi connectivity index (χ2v) is 10.2. The number of carboxylic acid groups (broad SMARTS) is 1. The van der Waals surface area contributed by atoms with E-state index in [1.807, 2.05) is 11.0 Å². The van der Waals surface area contributed by atoms with Gasteiger partial charge >= 0.3 is 12.0 Å². The molecular weight excluding hydrogens is 446 g/mol. The Labute approximate surface area is 197 Å². The molecule has 1 aromatic carbocycles. The number of ether oxygens (including phenoxy) is 1. The van der Waals surface area contributed by atoms with Gasteiger partial charge in [-0.1, -0.05) is 41.7 Å². The second-order valence-electron chi connectivity index (χ2n) is 7.90. The third-order valence-corrected chi connectivity index (χ3v) is 7.76. The summed E-state index contributed by atoms with van der Waals surface area (Å²) in [5, 5.41) is 12.3. The molecule has 174 valence electrons. The lowest BCUT2D eigenvalue weighted by Crippen LogP contribution is -2.45. The van der Waals surface area contributed by atoms with Crippen LogP contribution in [0.1, 0.15) is 44.1 Å². The SMILES string of the molecule is COC1CCC(N(CCCCc2ccccc2)C(=O)Nc2ncc(SCC(=O)O)s2)CC1. The molecule has 0 atom stereocenters. The molecule has 3 rings (SSSR count). The van der Waals surface area contributed by atoms with E-state index in [0.29, 0.717) is 11.7 Å². The number of amides is 2. The molecule has 0 spiro atoms. The number of benzene rings is 1. The molecule has 2 amide bonds. The number of rotatable bonds is 11. The minimum Gasteiger partial charge on any atom is -0.481 e. The molecule has 0 aliphatic heterocycles. The molecular formula is C23H31N3O4S2. The number of carboxylic acids is 1. The number of hydrogen-bond acceptors (Lipinski definition) is 6. The minimum atomic E-state index is -0.873. The number of aliphatic carboxylic acids is 1. The number of nitrogens with zero attached hydrogens (tertiary/aromatic N) is 2. The number of aromatic nitrogens is 1. The quantitative estimate of drug-likeness (QED) is 0.344. The molecule has 1 fully saturated rings. The van der Waals surface area contributed by atoms with Crippen molar-refractivity contribution in [3.63, 3.8) is 0 Å². The standard InChI is InChI=1S/C23H31N3O4S2/c1-30-19-12-10-18(11-13-19)26(14-6-5-9-17-7-3-2-4-8-17)23(29)25-22-24-15-21(32-22)31-16-20(27)28/h2-4,7-8,15,18-19H,5-6,9-14,16H2,1H3,(H,27,28)(H,24,25,29). The average Bonchev–Trinajstić information content (AvgIpc) is 3.25. The molecule has 0 saturated heterocycles. The van der Waals surface area contributed by atoms with Crippen LogP contribution in [0.25, 0.3) is 0 Å². The molecule has 7 nitrogen and oxygen atoms in total. The number of carbonyl (C=O) groups excluding carboxylic acids is 1. The van der Waals surface area contributed by atoms with E-state index in [9.17, 15) is 9.59 Å². The molecule has 0 radical (unpaired) electrons. The van der Waals surface area contributed by atoms with Gasteiger partial charge in [0.1, 0.15) is 0 Å². The van der Waals surface area contributed by atoms with E-state index >= 15 is 0 Å². The van der Waals surface area contributed by atoms with Crippen molar-refractivity contribution < 1.29 is 19.4 Å². The zero-order valence-electron chi connectivity index (χ0n) is 18.4. The van der Waals surface area contributed by atoms with Gasteiger partial charge in [-0.15, -0.1) is 11.8 Å². The number of thioether (sulfide) groups is 1. The van der Waals surface area contributed by atoms with Gasteiger partial charge in [-0.05, 0) is 50.5 Å². The summed E-state index contributed by atoms with van der Waals surface area (Å²) in [7, 11) is 1.75. The monoisotopic (exact) mass is 477 g/mol. The largest absolute Gasteiger partial charge is 0.481 e. The summed E-state index contributed by atoms with van der Waals surface area (Å²) in [6.07, 6.45) is 8.64. The molecule has 2 N–H and O–H groups in total. The average molecular weight is 478 g/mol. The Balaban J connectivity index is 1.56. The number of unbranched alkanes of at least 4 members (excludes halogenated alkanes) is 1. The first kappa shape index (κ1) is 24.5. The summed E-state index contributed by atoms with van der Waals surface area (Å²) in [6, 6.07) is 10.5. The topological polar surface area (TPSA) is 91.8 Å². The van der Waals surface area contributed by atoms with Crippen molar-refractivity contribution >= 4 is 40.2 Å². The predicted molar refractivity (Wildman–Crippen MR) is 129 cm³/mol. The first-order valence-corrected chi connectivity index (χ1v) is 12.8. The highest BCUT2D eigenvalue weighted by Gasteiger charge is 2.29. The van der Waals surface area contributed by atoms with E-state index in [0.717, 1.165) is 49.2 Å². The maximum atomic E-state index is 13.2. The molecule has 0 bridgehead atoms. The molecule has 1 saturated carbocycles. The van der Waals surface area contributed by atoms with Gasteiger partial charge in [-0.3, -0.25) is 10.1 Å². The maximum absolute atomic E-state index is 13.2. The van der Waals surface area contributed by atoms with Gasteiger partial charge < -0.3 is 14.7 Å². The van der Waals surface area contributed by atoms with Gasteiger partial charge in [0.2, 0.25) is 0 Å². The highest BCUT2D eigenvalue weighted by atomic mass is 32.2. The van der Waals surface area contributed by atoms with Crippen molar-refractivity contribution in [1.82, 2.24) is 9.88 Å². The van der Waals surface area contributed by atoms with Crippen LogP contribution in [0.4, 0.5) is 9.93 Å². The number of methoxy groups -OCH3 is 1. The van der Waals surface area contributed by atoms with Crippen LogP contribution in [0.2, 0.25) is 0 Å². The van der Waals surface area contributed by atoms with Crippen molar-refractivity contribution in [2.45, 2.75) is 61.3 Å². The Hall–Kier alpha value is -2.10. The summed E-state index contributed by atoms with van der Waals surface area (Å²) < 4.78 is 6.27. The number of thiazole rings is 1. The number of hydrogen-bond donors (Lipinski definition) is 2. The fourth-order valence-corrected chi connectivity index (χ4v) is 5.56. The van der Waals surface area contributed by atoms with Crippen molar-refractivity contribution in [2.24, 2.45) is 0 Å². The van der Waals surface area contributed by atoms with Gasteiger partial charge in [0.15, 0.2) is 5.13 Å². The molecule has 0 unspecified atom stereocenters. The molecule has 1 aliphatic rings. The smallest absolute Gasteiger partial charge is 0.323 e. The normalized spacial score (nSPS) is 18.3. The van der Waals surface area contributed by atoms with E-state index in [1.54, 1.807) is 13.3 Å². The van der Waals surface area contributed by atoms with Crippen LogP contribution in [0, 0.1) is 0 Å². The summed E-state index contributed by atoms with van der Waals surface area (Å²) >= 11 is 2.51. The second kappa shape index (κ2) is 12.8. The fourth-order valence-electron chi connectivity index (χ4n) is 3.98. The molecule has 1 aliphatic carbocycles. The number of urea groups is 1. The first-order valence-electron chi connectivity index (χ1n) is 11.0. The molecule has 9 heteroatoms. The molecule has 1 heterocycles. The molecule has 2 aromatic rings. The van der Waals surface area contributed by atoms with E-state index in [1.165, 1.54) is 28.7 Å². The van der Waals surface area contributed by atoms with Crippen LogP contribution in [0.3, 0.4) is 0 Å². The third-order valence-electron chi connectivity index (χ3n) is 5.67. The minimum absolute atomic E-state index is 0.0220. The van der Waals surface area contributed by atoms with Crippen LogP contribution in [-0.4, -0.2) is 58.5 Å². The zero-order valence-corrected chi connectivity index (χ0v) is 20.0. The lowest BCUT2D eigenvalue weighted by molar-refractivity contribution is -0.133. The molecule has 32 heavy (non-hydrogen) atoms. The van der Waals surface area contributed by atoms with Gasteiger partial charge in [0.25, 0.3) is 0 Å². The van der Waals surface area contributed by atoms with E-state index in [2.05, 4.69) is 34.6 Å². The van der Waals surface area contributed by atoms with E-state index < -0.39 is 5.97 Å². The Bertz CT molecular complexity index is 854. The van der Waals surface area contributed by atoms with Gasteiger partial charge in [-0.25, -0.2) is 9.78 Å².